The molecule has 0 fully saturated rings. The second kappa shape index (κ2) is 4.11. The number of nitriles is 1. The van der Waals surface area contributed by atoms with E-state index in [9.17, 15) is 14.9 Å². The molecule has 4 heteroatoms. The summed E-state index contributed by atoms with van der Waals surface area (Å²) in [5, 5.41) is 9.20. The first-order valence-corrected chi connectivity index (χ1v) is 5.54. The Hall–Kier alpha value is -2.41. The molecule has 0 aromatic carbocycles. The van der Waals surface area contributed by atoms with E-state index in [4.69, 9.17) is 0 Å². The summed E-state index contributed by atoms with van der Waals surface area (Å²) in [6.45, 7) is 4.68. The molecule has 2 rings (SSSR count). The van der Waals surface area contributed by atoms with E-state index in [-0.39, 0.29) is 22.8 Å². The van der Waals surface area contributed by atoms with Crippen LogP contribution >= 0.6 is 0 Å². The van der Waals surface area contributed by atoms with Gasteiger partial charge in [0, 0.05) is 6.20 Å². The number of ketones is 2. The molecule has 0 atom stereocenters. The number of hydrogen-bond donors (Lipinski definition) is 0. The number of aromatic nitrogens is 1. The van der Waals surface area contributed by atoms with Gasteiger partial charge in [0.25, 0.3) is 0 Å². The van der Waals surface area contributed by atoms with Crippen LogP contribution in [0.1, 0.15) is 45.8 Å². The molecule has 2 heterocycles. The zero-order chi connectivity index (χ0) is 13.4. The summed E-state index contributed by atoms with van der Waals surface area (Å²) in [7, 11) is 0. The summed E-state index contributed by atoms with van der Waals surface area (Å²) in [5.74, 6) is -0.470. The lowest BCUT2D eigenvalue weighted by atomic mass is 10.0. The lowest BCUT2D eigenvalue weighted by Gasteiger charge is -1.98. The second-order valence-corrected chi connectivity index (χ2v) is 4.28. The molecule has 4 nitrogen and oxygen atoms in total. The standard InChI is InChI=1S/C14H12N2O2/c1-8-4-5-16-11(6-8)13(9(2)17)14(10(3)18)12(16)7-15/h4-6H,1-3H3. The van der Waals surface area contributed by atoms with Crippen molar-refractivity contribution in [2.75, 3.05) is 0 Å². The Morgan fingerprint density at radius 2 is 1.83 bits per heavy atom. The first-order valence-electron chi connectivity index (χ1n) is 5.54. The molecular formula is C14H12N2O2. The summed E-state index contributed by atoms with van der Waals surface area (Å²) in [6.07, 6.45) is 1.71. The van der Waals surface area contributed by atoms with Crippen molar-refractivity contribution in [1.29, 1.82) is 5.26 Å². The quantitative estimate of drug-likeness (QED) is 0.758. The fourth-order valence-electron chi connectivity index (χ4n) is 2.17. The minimum atomic E-state index is -0.266. The van der Waals surface area contributed by atoms with Crippen LogP contribution < -0.4 is 0 Å². The molecule has 0 amide bonds. The van der Waals surface area contributed by atoms with Crippen LogP contribution in [0.25, 0.3) is 5.52 Å². The zero-order valence-corrected chi connectivity index (χ0v) is 10.4. The normalized spacial score (nSPS) is 10.3. The molecule has 2 aromatic rings. The Morgan fingerprint density at radius 1 is 1.22 bits per heavy atom. The second-order valence-electron chi connectivity index (χ2n) is 4.28. The third-order valence-electron chi connectivity index (χ3n) is 2.90. The molecular weight excluding hydrogens is 228 g/mol. The van der Waals surface area contributed by atoms with Gasteiger partial charge in [0.2, 0.25) is 0 Å². The highest BCUT2D eigenvalue weighted by Gasteiger charge is 2.23. The predicted molar refractivity (Wildman–Crippen MR) is 66.9 cm³/mol. The Labute approximate surface area is 104 Å². The lowest BCUT2D eigenvalue weighted by Crippen LogP contribution is -2.02. The SMILES string of the molecule is CC(=O)c1c(C(C)=O)c2cc(C)ccn2c1C#N. The summed E-state index contributed by atoms with van der Waals surface area (Å²) >= 11 is 0. The van der Waals surface area contributed by atoms with Crippen LogP contribution in [0, 0.1) is 18.3 Å². The minimum absolute atomic E-state index is 0.204. The maximum absolute atomic E-state index is 11.8. The van der Waals surface area contributed by atoms with Gasteiger partial charge < -0.3 is 4.40 Å². The van der Waals surface area contributed by atoms with Crippen molar-refractivity contribution in [3.05, 3.63) is 40.7 Å². The van der Waals surface area contributed by atoms with Crippen molar-refractivity contribution in [2.45, 2.75) is 20.8 Å². The molecule has 0 bridgehead atoms. The Morgan fingerprint density at radius 3 is 2.33 bits per heavy atom. The van der Waals surface area contributed by atoms with Crippen molar-refractivity contribution < 1.29 is 9.59 Å². The molecule has 0 N–H and O–H groups in total. The highest BCUT2D eigenvalue weighted by atomic mass is 16.1. The highest BCUT2D eigenvalue weighted by molar-refractivity contribution is 6.13. The zero-order valence-electron chi connectivity index (χ0n) is 10.4. The molecule has 18 heavy (non-hydrogen) atoms. The first-order chi connectivity index (χ1) is 8.47. The Kier molecular flexibility index (Phi) is 2.76. The number of rotatable bonds is 2. The van der Waals surface area contributed by atoms with E-state index >= 15 is 0 Å². The van der Waals surface area contributed by atoms with Gasteiger partial charge in [0.15, 0.2) is 11.6 Å². The van der Waals surface area contributed by atoms with Gasteiger partial charge in [0.1, 0.15) is 11.8 Å². The molecule has 0 aliphatic heterocycles. The molecule has 0 aliphatic carbocycles. The molecule has 90 valence electrons. The van der Waals surface area contributed by atoms with Crippen LogP contribution in [0.4, 0.5) is 0 Å². The topological polar surface area (TPSA) is 62.3 Å². The van der Waals surface area contributed by atoms with Crippen LogP contribution in [0.3, 0.4) is 0 Å². The fourth-order valence-corrected chi connectivity index (χ4v) is 2.17. The van der Waals surface area contributed by atoms with E-state index in [1.807, 2.05) is 25.1 Å². The molecule has 0 saturated heterocycles. The number of carbonyl (C=O) groups excluding carboxylic acids is 2. The largest absolute Gasteiger partial charge is 0.307 e. The van der Waals surface area contributed by atoms with Gasteiger partial charge in [-0.2, -0.15) is 5.26 Å². The van der Waals surface area contributed by atoms with Crippen LogP contribution in [0.15, 0.2) is 18.3 Å². The minimum Gasteiger partial charge on any atom is -0.307 e. The predicted octanol–water partition coefficient (Wildman–Crippen LogP) is 2.52. The van der Waals surface area contributed by atoms with Gasteiger partial charge in [-0.25, -0.2) is 0 Å². The van der Waals surface area contributed by atoms with E-state index < -0.39 is 0 Å². The maximum atomic E-state index is 11.8. The van der Waals surface area contributed by atoms with E-state index in [2.05, 4.69) is 0 Å². The molecule has 0 unspecified atom stereocenters. The van der Waals surface area contributed by atoms with Crippen molar-refractivity contribution in [3.63, 3.8) is 0 Å². The van der Waals surface area contributed by atoms with Crippen molar-refractivity contribution >= 4 is 17.1 Å². The summed E-state index contributed by atoms with van der Waals surface area (Å²) in [4.78, 5) is 23.4. The number of aryl methyl sites for hydroxylation is 1. The van der Waals surface area contributed by atoms with Gasteiger partial charge in [-0.15, -0.1) is 0 Å². The Balaban J connectivity index is 3.06. The molecule has 2 aromatic heterocycles. The van der Waals surface area contributed by atoms with Crippen LogP contribution in [0.5, 0.6) is 0 Å². The number of nitrogens with zero attached hydrogens (tertiary/aromatic N) is 2. The molecule has 0 spiro atoms. The van der Waals surface area contributed by atoms with Gasteiger partial charge >= 0.3 is 0 Å². The number of Topliss-reactive ketones (excluding diaryl/α,β-unsaturated/α-hetero) is 2. The van der Waals surface area contributed by atoms with Crippen LogP contribution in [0.2, 0.25) is 0 Å². The monoisotopic (exact) mass is 240 g/mol. The first kappa shape index (κ1) is 12.1. The Bertz CT molecular complexity index is 717. The number of pyridine rings is 1. The van der Waals surface area contributed by atoms with Gasteiger partial charge in [-0.1, -0.05) is 0 Å². The van der Waals surface area contributed by atoms with E-state index in [0.717, 1.165) is 5.56 Å². The molecule has 0 aliphatic rings. The van der Waals surface area contributed by atoms with E-state index in [1.165, 1.54) is 13.8 Å². The number of fused-ring (bicyclic) bond motifs is 1. The van der Waals surface area contributed by atoms with Crippen molar-refractivity contribution in [3.8, 4) is 6.07 Å². The lowest BCUT2D eigenvalue weighted by molar-refractivity contribution is 0.0982. The number of carbonyl (C=O) groups is 2. The van der Waals surface area contributed by atoms with Crippen LogP contribution in [-0.2, 0) is 0 Å². The third-order valence-corrected chi connectivity index (χ3v) is 2.90. The van der Waals surface area contributed by atoms with Crippen molar-refractivity contribution in [1.82, 2.24) is 4.40 Å². The highest BCUT2D eigenvalue weighted by Crippen LogP contribution is 2.25. The summed E-state index contributed by atoms with van der Waals surface area (Å²) < 4.78 is 1.60. The van der Waals surface area contributed by atoms with Gasteiger partial charge in [-0.3, -0.25) is 9.59 Å². The third kappa shape index (κ3) is 1.61. The smallest absolute Gasteiger partial charge is 0.163 e. The average Bonchev–Trinajstić information content (AvgIpc) is 2.62. The summed E-state index contributed by atoms with van der Waals surface area (Å²) in [6, 6.07) is 5.65. The van der Waals surface area contributed by atoms with E-state index in [0.29, 0.717) is 11.1 Å². The maximum Gasteiger partial charge on any atom is 0.163 e. The molecule has 0 saturated carbocycles. The summed E-state index contributed by atoms with van der Waals surface area (Å²) in [5.41, 5.74) is 2.37. The van der Waals surface area contributed by atoms with Gasteiger partial charge in [-0.05, 0) is 38.5 Å². The van der Waals surface area contributed by atoms with Gasteiger partial charge in [0.05, 0.1) is 16.6 Å². The van der Waals surface area contributed by atoms with Crippen LogP contribution in [-0.4, -0.2) is 16.0 Å². The average molecular weight is 240 g/mol. The fraction of sp³-hybridized carbons (Fsp3) is 0.214. The number of hydrogen-bond acceptors (Lipinski definition) is 3. The van der Waals surface area contributed by atoms with Crippen molar-refractivity contribution in [2.24, 2.45) is 0 Å². The molecule has 0 radical (unpaired) electrons. The van der Waals surface area contributed by atoms with E-state index in [1.54, 1.807) is 10.6 Å².